The van der Waals surface area contributed by atoms with Gasteiger partial charge in [0.25, 0.3) is 0 Å². The third kappa shape index (κ3) is 3.67. The Morgan fingerprint density at radius 1 is 1.00 bits per heavy atom. The van der Waals surface area contributed by atoms with Crippen LogP contribution in [-0.2, 0) is 6.61 Å². The third-order valence-corrected chi connectivity index (χ3v) is 4.60. The molecule has 116 valence electrons. The summed E-state index contributed by atoms with van der Waals surface area (Å²) in [4.78, 5) is 2.37. The normalized spacial score (nSPS) is 14.9. The highest BCUT2D eigenvalue weighted by atomic mass is 35.5. The maximum Gasteiger partial charge on any atom is 0.119 e. The fourth-order valence-electron chi connectivity index (χ4n) is 2.50. The molecule has 0 spiro atoms. The van der Waals surface area contributed by atoms with Crippen LogP contribution in [0.15, 0.2) is 42.5 Å². The van der Waals surface area contributed by atoms with E-state index < -0.39 is 0 Å². The van der Waals surface area contributed by atoms with Crippen molar-refractivity contribution in [1.82, 2.24) is 5.32 Å². The van der Waals surface area contributed by atoms with Crippen LogP contribution in [0.1, 0.15) is 5.56 Å². The Hall–Kier alpha value is -1.42. The standard InChI is InChI=1S/C17H18Cl2N2O/c18-16-3-1-2-13(17(16)19)12-22-15-6-4-14(5-7-15)21-10-8-20-9-11-21/h1-7,20H,8-12H2. The SMILES string of the molecule is Clc1cccc(COc2ccc(N3CCNCC3)cc2)c1Cl. The first-order chi connectivity index (χ1) is 10.7. The predicted molar refractivity (Wildman–Crippen MR) is 92.3 cm³/mol. The Kier molecular flexibility index (Phi) is 5.08. The zero-order valence-electron chi connectivity index (χ0n) is 12.2. The molecule has 3 nitrogen and oxygen atoms in total. The van der Waals surface area contributed by atoms with Crippen LogP contribution in [0.2, 0.25) is 10.0 Å². The molecule has 3 rings (SSSR count). The Balaban J connectivity index is 1.62. The number of ether oxygens (including phenoxy) is 1. The second-order valence-electron chi connectivity index (χ2n) is 5.23. The highest BCUT2D eigenvalue weighted by molar-refractivity contribution is 6.42. The van der Waals surface area contributed by atoms with Gasteiger partial charge in [0.05, 0.1) is 10.0 Å². The van der Waals surface area contributed by atoms with E-state index >= 15 is 0 Å². The molecule has 1 aliphatic heterocycles. The van der Waals surface area contributed by atoms with Crippen LogP contribution >= 0.6 is 23.2 Å². The number of nitrogens with one attached hydrogen (secondary N) is 1. The number of hydrogen-bond donors (Lipinski definition) is 1. The molecule has 1 fully saturated rings. The minimum atomic E-state index is 0.409. The van der Waals surface area contributed by atoms with Crippen molar-refractivity contribution in [2.24, 2.45) is 0 Å². The number of benzene rings is 2. The summed E-state index contributed by atoms with van der Waals surface area (Å²) in [5, 5.41) is 4.46. The van der Waals surface area contributed by atoms with Crippen molar-refractivity contribution in [3.8, 4) is 5.75 Å². The van der Waals surface area contributed by atoms with Crippen molar-refractivity contribution in [2.45, 2.75) is 6.61 Å². The summed E-state index contributed by atoms with van der Waals surface area (Å²) in [6.07, 6.45) is 0. The van der Waals surface area contributed by atoms with E-state index in [0.29, 0.717) is 16.7 Å². The smallest absolute Gasteiger partial charge is 0.119 e. The summed E-state index contributed by atoms with van der Waals surface area (Å²) in [5.41, 5.74) is 2.12. The average molecular weight is 337 g/mol. The third-order valence-electron chi connectivity index (χ3n) is 3.74. The molecule has 2 aromatic carbocycles. The quantitative estimate of drug-likeness (QED) is 0.913. The molecule has 0 unspecified atom stereocenters. The first-order valence-electron chi connectivity index (χ1n) is 7.35. The lowest BCUT2D eigenvalue weighted by molar-refractivity contribution is 0.306. The zero-order chi connectivity index (χ0) is 15.4. The highest BCUT2D eigenvalue weighted by Crippen LogP contribution is 2.27. The number of rotatable bonds is 4. The van der Waals surface area contributed by atoms with Crippen molar-refractivity contribution in [1.29, 1.82) is 0 Å². The molecule has 0 radical (unpaired) electrons. The van der Waals surface area contributed by atoms with Crippen LogP contribution < -0.4 is 15.0 Å². The van der Waals surface area contributed by atoms with Gasteiger partial charge in [0.1, 0.15) is 12.4 Å². The fourth-order valence-corrected chi connectivity index (χ4v) is 2.87. The first-order valence-corrected chi connectivity index (χ1v) is 8.11. The fraction of sp³-hybridized carbons (Fsp3) is 0.294. The molecule has 0 atom stereocenters. The lowest BCUT2D eigenvalue weighted by atomic mass is 10.2. The van der Waals surface area contributed by atoms with Crippen LogP contribution in [0.4, 0.5) is 5.69 Å². The molecule has 5 heteroatoms. The van der Waals surface area contributed by atoms with E-state index in [2.05, 4.69) is 22.3 Å². The summed E-state index contributed by atoms with van der Waals surface area (Å²) in [6, 6.07) is 13.8. The van der Waals surface area contributed by atoms with Crippen molar-refractivity contribution >= 4 is 28.9 Å². The molecule has 2 aromatic rings. The van der Waals surface area contributed by atoms with Crippen molar-refractivity contribution in [2.75, 3.05) is 31.1 Å². The van der Waals surface area contributed by atoms with Crippen LogP contribution in [0, 0.1) is 0 Å². The van der Waals surface area contributed by atoms with E-state index in [9.17, 15) is 0 Å². The molecule has 1 aliphatic rings. The number of hydrogen-bond acceptors (Lipinski definition) is 3. The largest absolute Gasteiger partial charge is 0.489 e. The van der Waals surface area contributed by atoms with Crippen LogP contribution in [-0.4, -0.2) is 26.2 Å². The van der Waals surface area contributed by atoms with Gasteiger partial charge in [-0.05, 0) is 30.3 Å². The summed E-state index contributed by atoms with van der Waals surface area (Å²) in [7, 11) is 0. The molecule has 0 saturated carbocycles. The van der Waals surface area contributed by atoms with Crippen molar-refractivity contribution in [3.63, 3.8) is 0 Å². The lowest BCUT2D eigenvalue weighted by Gasteiger charge is -2.29. The van der Waals surface area contributed by atoms with Crippen LogP contribution in [0.3, 0.4) is 0 Å². The minimum Gasteiger partial charge on any atom is -0.489 e. The molecule has 0 aromatic heterocycles. The van der Waals surface area contributed by atoms with Gasteiger partial charge in [0, 0.05) is 37.4 Å². The van der Waals surface area contributed by atoms with Crippen molar-refractivity contribution in [3.05, 3.63) is 58.1 Å². The van der Waals surface area contributed by atoms with E-state index in [0.717, 1.165) is 37.5 Å². The second-order valence-corrected chi connectivity index (χ2v) is 6.02. The van der Waals surface area contributed by atoms with Gasteiger partial charge >= 0.3 is 0 Å². The molecule has 1 N–H and O–H groups in total. The number of halogens is 2. The Bertz CT molecular complexity index is 625. The number of anilines is 1. The second kappa shape index (κ2) is 7.23. The summed E-state index contributed by atoms with van der Waals surface area (Å²) < 4.78 is 5.80. The van der Waals surface area contributed by atoms with Crippen LogP contribution in [0.25, 0.3) is 0 Å². The first kappa shape index (κ1) is 15.5. The van der Waals surface area contributed by atoms with E-state index in [1.54, 1.807) is 6.07 Å². The van der Waals surface area contributed by atoms with Gasteiger partial charge in [0.15, 0.2) is 0 Å². The van der Waals surface area contributed by atoms with E-state index in [1.807, 2.05) is 24.3 Å². The van der Waals surface area contributed by atoms with Crippen LogP contribution in [0.5, 0.6) is 5.75 Å². The zero-order valence-corrected chi connectivity index (χ0v) is 13.7. The molecular weight excluding hydrogens is 319 g/mol. The van der Waals surface area contributed by atoms with Gasteiger partial charge in [0.2, 0.25) is 0 Å². The summed E-state index contributed by atoms with van der Waals surface area (Å²) in [6.45, 7) is 4.56. The topological polar surface area (TPSA) is 24.5 Å². The lowest BCUT2D eigenvalue weighted by Crippen LogP contribution is -2.43. The molecule has 0 aliphatic carbocycles. The van der Waals surface area contributed by atoms with Gasteiger partial charge in [-0.25, -0.2) is 0 Å². The Morgan fingerprint density at radius 3 is 2.45 bits per heavy atom. The molecule has 1 heterocycles. The highest BCUT2D eigenvalue weighted by Gasteiger charge is 2.10. The molecule has 0 amide bonds. The molecule has 0 bridgehead atoms. The molecule has 1 saturated heterocycles. The number of piperazine rings is 1. The van der Waals surface area contributed by atoms with Gasteiger partial charge < -0.3 is 15.0 Å². The molecule has 22 heavy (non-hydrogen) atoms. The van der Waals surface area contributed by atoms with Gasteiger partial charge in [-0.15, -0.1) is 0 Å². The Labute approximate surface area is 140 Å². The van der Waals surface area contributed by atoms with Gasteiger partial charge in [-0.1, -0.05) is 35.3 Å². The minimum absolute atomic E-state index is 0.409. The predicted octanol–water partition coefficient (Wildman–Crippen LogP) is 3.98. The maximum absolute atomic E-state index is 6.16. The van der Waals surface area contributed by atoms with Crippen molar-refractivity contribution < 1.29 is 4.74 Å². The van der Waals surface area contributed by atoms with E-state index in [-0.39, 0.29) is 0 Å². The van der Waals surface area contributed by atoms with E-state index in [1.165, 1.54) is 5.69 Å². The molecular formula is C17H18Cl2N2O. The van der Waals surface area contributed by atoms with E-state index in [4.69, 9.17) is 27.9 Å². The summed E-state index contributed by atoms with van der Waals surface area (Å²) in [5.74, 6) is 0.829. The number of nitrogens with zero attached hydrogens (tertiary/aromatic N) is 1. The Morgan fingerprint density at radius 2 is 1.73 bits per heavy atom. The average Bonchev–Trinajstić information content (AvgIpc) is 2.57. The maximum atomic E-state index is 6.16. The van der Waals surface area contributed by atoms with Gasteiger partial charge in [-0.2, -0.15) is 0 Å². The monoisotopic (exact) mass is 336 g/mol. The summed E-state index contributed by atoms with van der Waals surface area (Å²) >= 11 is 12.2. The van der Waals surface area contributed by atoms with Gasteiger partial charge in [-0.3, -0.25) is 0 Å².